The standard InChI is InChI=1S/C22H28N2O2/c1-20-9-16-10-21(2,12-20)14-22(11-16,13-20)19-24-23-18(26-19)8-15-4-6-17(25-3)7-5-15/h4-7,16H,8-14H2,1-3H3. The third-order valence-electron chi connectivity index (χ3n) is 7.06. The predicted octanol–water partition coefficient (Wildman–Crippen LogP) is 4.92. The van der Waals surface area contributed by atoms with E-state index in [1.54, 1.807) is 7.11 Å². The van der Waals surface area contributed by atoms with Crippen molar-refractivity contribution in [3.63, 3.8) is 0 Å². The minimum atomic E-state index is 0.119. The zero-order chi connectivity index (χ0) is 18.0. The van der Waals surface area contributed by atoms with E-state index >= 15 is 0 Å². The van der Waals surface area contributed by atoms with Crippen molar-refractivity contribution < 1.29 is 9.15 Å². The van der Waals surface area contributed by atoms with E-state index in [1.165, 1.54) is 44.1 Å². The molecule has 4 heteroatoms. The van der Waals surface area contributed by atoms with Gasteiger partial charge in [-0.25, -0.2) is 0 Å². The lowest BCUT2D eigenvalue weighted by atomic mass is 9.40. The Kier molecular flexibility index (Phi) is 3.35. The summed E-state index contributed by atoms with van der Waals surface area (Å²) in [6, 6.07) is 8.09. The molecule has 0 saturated heterocycles. The largest absolute Gasteiger partial charge is 0.497 e. The second kappa shape index (κ2) is 5.34. The van der Waals surface area contributed by atoms with Crippen molar-refractivity contribution in [1.29, 1.82) is 0 Å². The van der Waals surface area contributed by atoms with Gasteiger partial charge in [-0.3, -0.25) is 0 Å². The van der Waals surface area contributed by atoms with Crippen LogP contribution in [-0.4, -0.2) is 17.3 Å². The fourth-order valence-corrected chi connectivity index (χ4v) is 7.14. The maximum Gasteiger partial charge on any atom is 0.222 e. The summed E-state index contributed by atoms with van der Waals surface area (Å²) in [4.78, 5) is 0. The topological polar surface area (TPSA) is 48.2 Å². The summed E-state index contributed by atoms with van der Waals surface area (Å²) in [7, 11) is 1.69. The molecular formula is C22H28N2O2. The zero-order valence-corrected chi connectivity index (χ0v) is 16.0. The van der Waals surface area contributed by atoms with Crippen molar-refractivity contribution in [2.45, 2.75) is 64.2 Å². The second-order valence-corrected chi connectivity index (χ2v) is 9.94. The number of ether oxygens (including phenoxy) is 1. The van der Waals surface area contributed by atoms with Crippen LogP contribution in [-0.2, 0) is 11.8 Å². The van der Waals surface area contributed by atoms with E-state index in [1.807, 2.05) is 12.1 Å². The summed E-state index contributed by atoms with van der Waals surface area (Å²) in [6.07, 6.45) is 8.50. The Morgan fingerprint density at radius 3 is 2.31 bits per heavy atom. The Balaban J connectivity index is 1.41. The minimum Gasteiger partial charge on any atom is -0.497 e. The first-order valence-corrected chi connectivity index (χ1v) is 9.85. The molecule has 138 valence electrons. The van der Waals surface area contributed by atoms with Gasteiger partial charge < -0.3 is 9.15 Å². The van der Waals surface area contributed by atoms with Gasteiger partial charge in [-0.15, -0.1) is 10.2 Å². The van der Waals surface area contributed by atoms with E-state index < -0.39 is 0 Å². The Labute approximate surface area is 155 Å². The maximum absolute atomic E-state index is 6.27. The lowest BCUT2D eigenvalue weighted by Gasteiger charge is -2.64. The van der Waals surface area contributed by atoms with Crippen molar-refractivity contribution in [2.75, 3.05) is 7.11 Å². The van der Waals surface area contributed by atoms with Crippen LogP contribution >= 0.6 is 0 Å². The van der Waals surface area contributed by atoms with Crippen LogP contribution in [0.4, 0.5) is 0 Å². The average molecular weight is 352 g/mol. The van der Waals surface area contributed by atoms with Gasteiger partial charge in [0.2, 0.25) is 11.8 Å². The third kappa shape index (κ3) is 2.57. The number of methoxy groups -OCH3 is 1. The summed E-state index contributed by atoms with van der Waals surface area (Å²) in [5, 5.41) is 8.97. The molecule has 4 nitrogen and oxygen atoms in total. The quantitative estimate of drug-likeness (QED) is 0.784. The molecule has 4 aliphatic rings. The van der Waals surface area contributed by atoms with E-state index in [0.29, 0.717) is 17.3 Å². The summed E-state index contributed by atoms with van der Waals surface area (Å²) < 4.78 is 11.5. The van der Waals surface area contributed by atoms with Gasteiger partial charge in [-0.1, -0.05) is 26.0 Å². The molecular weight excluding hydrogens is 324 g/mol. The maximum atomic E-state index is 6.27. The van der Waals surface area contributed by atoms with Gasteiger partial charge >= 0.3 is 0 Å². The van der Waals surface area contributed by atoms with Crippen LogP contribution < -0.4 is 4.74 Å². The van der Waals surface area contributed by atoms with Crippen molar-refractivity contribution in [3.05, 3.63) is 41.6 Å². The lowest BCUT2D eigenvalue weighted by Crippen LogP contribution is -2.57. The molecule has 1 aromatic heterocycles. The first-order valence-electron chi connectivity index (χ1n) is 9.85. The second-order valence-electron chi connectivity index (χ2n) is 9.94. The summed E-state index contributed by atoms with van der Waals surface area (Å²) in [5.41, 5.74) is 2.21. The molecule has 26 heavy (non-hydrogen) atoms. The number of nitrogens with zero attached hydrogens (tertiary/aromatic N) is 2. The van der Waals surface area contributed by atoms with Crippen molar-refractivity contribution in [2.24, 2.45) is 16.7 Å². The van der Waals surface area contributed by atoms with E-state index in [-0.39, 0.29) is 5.41 Å². The summed E-state index contributed by atoms with van der Waals surface area (Å²) in [6.45, 7) is 4.97. The van der Waals surface area contributed by atoms with Gasteiger partial charge in [-0.2, -0.15) is 0 Å². The van der Waals surface area contributed by atoms with Crippen LogP contribution in [0.2, 0.25) is 0 Å². The first-order chi connectivity index (χ1) is 12.4. The Hall–Kier alpha value is -1.84. The van der Waals surface area contributed by atoms with Crippen LogP contribution in [0.15, 0.2) is 28.7 Å². The molecule has 0 N–H and O–H groups in total. The molecule has 0 spiro atoms. The zero-order valence-electron chi connectivity index (χ0n) is 16.0. The number of benzene rings is 1. The SMILES string of the molecule is COc1ccc(Cc2nnc(C34CC5CC(C)(CC(C)(C5)C3)C4)o2)cc1. The van der Waals surface area contributed by atoms with Crippen LogP contribution in [0, 0.1) is 16.7 Å². The average Bonchev–Trinajstić information content (AvgIpc) is 3.01. The van der Waals surface area contributed by atoms with Gasteiger partial charge in [0.1, 0.15) is 5.75 Å². The molecule has 6 rings (SSSR count). The Morgan fingerprint density at radius 1 is 1.00 bits per heavy atom. The molecule has 1 aromatic carbocycles. The molecule has 0 amide bonds. The molecule has 4 saturated carbocycles. The normalized spacial score (nSPS) is 37.9. The highest BCUT2D eigenvalue weighted by atomic mass is 16.5. The fourth-order valence-electron chi connectivity index (χ4n) is 7.14. The molecule has 2 atom stereocenters. The van der Waals surface area contributed by atoms with Gasteiger partial charge in [0.15, 0.2) is 0 Å². The highest BCUT2D eigenvalue weighted by Crippen LogP contribution is 2.69. The predicted molar refractivity (Wildman–Crippen MR) is 99.2 cm³/mol. The number of rotatable bonds is 4. The molecule has 2 unspecified atom stereocenters. The number of hydrogen-bond acceptors (Lipinski definition) is 4. The Bertz CT molecular complexity index is 807. The van der Waals surface area contributed by atoms with Crippen LogP contribution in [0.1, 0.15) is 69.7 Å². The van der Waals surface area contributed by atoms with E-state index in [9.17, 15) is 0 Å². The van der Waals surface area contributed by atoms with Gasteiger partial charge in [0.05, 0.1) is 13.5 Å². The van der Waals surface area contributed by atoms with Gasteiger partial charge in [-0.05, 0) is 73.0 Å². The molecule has 1 heterocycles. The highest BCUT2D eigenvalue weighted by Gasteiger charge is 2.62. The smallest absolute Gasteiger partial charge is 0.222 e. The van der Waals surface area contributed by atoms with E-state index in [4.69, 9.17) is 9.15 Å². The minimum absolute atomic E-state index is 0.119. The molecule has 4 fully saturated rings. The molecule has 4 aliphatic carbocycles. The van der Waals surface area contributed by atoms with Gasteiger partial charge in [0, 0.05) is 5.41 Å². The Morgan fingerprint density at radius 2 is 1.69 bits per heavy atom. The third-order valence-corrected chi connectivity index (χ3v) is 7.06. The highest BCUT2D eigenvalue weighted by molar-refractivity contribution is 5.28. The van der Waals surface area contributed by atoms with Crippen LogP contribution in [0.25, 0.3) is 0 Å². The number of hydrogen-bond donors (Lipinski definition) is 0. The van der Waals surface area contributed by atoms with E-state index in [2.05, 4.69) is 36.2 Å². The van der Waals surface area contributed by atoms with Crippen molar-refractivity contribution in [1.82, 2.24) is 10.2 Å². The molecule has 0 radical (unpaired) electrons. The monoisotopic (exact) mass is 352 g/mol. The van der Waals surface area contributed by atoms with E-state index in [0.717, 1.165) is 23.4 Å². The molecule has 2 aromatic rings. The lowest BCUT2D eigenvalue weighted by molar-refractivity contribution is -0.117. The summed E-state index contributed by atoms with van der Waals surface area (Å²) in [5.74, 6) is 3.34. The van der Waals surface area contributed by atoms with Crippen LogP contribution in [0.3, 0.4) is 0 Å². The number of aromatic nitrogens is 2. The van der Waals surface area contributed by atoms with Crippen molar-refractivity contribution in [3.8, 4) is 5.75 Å². The summed E-state index contributed by atoms with van der Waals surface area (Å²) >= 11 is 0. The molecule has 0 aliphatic heterocycles. The van der Waals surface area contributed by atoms with Crippen molar-refractivity contribution >= 4 is 0 Å². The first kappa shape index (κ1) is 16.3. The van der Waals surface area contributed by atoms with Crippen LogP contribution in [0.5, 0.6) is 5.75 Å². The fraction of sp³-hybridized carbons (Fsp3) is 0.636. The molecule has 4 bridgehead atoms. The van der Waals surface area contributed by atoms with Gasteiger partial charge in [0.25, 0.3) is 0 Å².